The van der Waals surface area contributed by atoms with Crippen LogP contribution in [-0.4, -0.2) is 32.5 Å². The molecule has 0 amide bonds. The lowest BCUT2D eigenvalue weighted by atomic mass is 10.1. The molecule has 0 saturated heterocycles. The summed E-state index contributed by atoms with van der Waals surface area (Å²) in [7, 11) is -8.33. The lowest BCUT2D eigenvalue weighted by Gasteiger charge is -2.08. The van der Waals surface area contributed by atoms with Gasteiger partial charge in [-0.25, -0.2) is 0 Å². The highest BCUT2D eigenvalue weighted by atomic mass is 32.3. The summed E-state index contributed by atoms with van der Waals surface area (Å²) in [4.78, 5) is 0.247. The van der Waals surface area contributed by atoms with Crippen molar-refractivity contribution in [3.05, 3.63) is 42.5 Å². The molecule has 0 aliphatic heterocycles. The molecule has 0 radical (unpaired) electrons. The molecule has 0 saturated carbocycles. The second-order valence-electron chi connectivity index (χ2n) is 4.55. The van der Waals surface area contributed by atoms with Crippen LogP contribution in [0.1, 0.15) is 19.8 Å². The van der Waals surface area contributed by atoms with Crippen LogP contribution < -0.4 is 0 Å². The number of fused-ring (bicyclic) bond motifs is 1. The van der Waals surface area contributed by atoms with Crippen molar-refractivity contribution in [1.29, 1.82) is 0 Å². The summed E-state index contributed by atoms with van der Waals surface area (Å²) in [5.74, 6) is 0. The van der Waals surface area contributed by atoms with E-state index in [-0.39, 0.29) is 11.5 Å². The molecule has 0 aromatic heterocycles. The Morgan fingerprint density at radius 3 is 2.13 bits per heavy atom. The van der Waals surface area contributed by atoms with Crippen LogP contribution in [0.15, 0.2) is 47.4 Å². The van der Waals surface area contributed by atoms with E-state index >= 15 is 0 Å². The van der Waals surface area contributed by atoms with E-state index in [1.54, 1.807) is 18.2 Å². The summed E-state index contributed by atoms with van der Waals surface area (Å²) in [6.45, 7) is 2.23. The Morgan fingerprint density at radius 2 is 1.52 bits per heavy atom. The van der Waals surface area contributed by atoms with Gasteiger partial charge in [0.25, 0.3) is 10.1 Å². The van der Waals surface area contributed by atoms with Crippen molar-refractivity contribution in [1.82, 2.24) is 0 Å². The minimum atomic E-state index is -4.67. The normalized spacial score (nSPS) is 11.8. The summed E-state index contributed by atoms with van der Waals surface area (Å²) >= 11 is 0. The highest BCUT2D eigenvalue weighted by Crippen LogP contribution is 2.24. The first-order valence-electron chi connectivity index (χ1n) is 6.72. The molecule has 128 valence electrons. The molecule has 23 heavy (non-hydrogen) atoms. The van der Waals surface area contributed by atoms with Crippen LogP contribution in [0.2, 0.25) is 0 Å². The summed E-state index contributed by atoms with van der Waals surface area (Å²) < 4.78 is 60.8. The third-order valence-corrected chi connectivity index (χ3v) is 4.13. The van der Waals surface area contributed by atoms with E-state index in [2.05, 4.69) is 0 Å². The standard InChI is InChI=1S/C14H16O3S.H2O4S/c1-2-3-11-17-18(15,16)14-10-6-8-12-7-4-5-9-13(12)14;1-5(2,3)4/h4-10H,2-3,11H2,1H3;(H2,1,2,3,4). The van der Waals surface area contributed by atoms with Gasteiger partial charge in [0.15, 0.2) is 0 Å². The first-order chi connectivity index (χ1) is 10.6. The number of hydrogen-bond donors (Lipinski definition) is 2. The fourth-order valence-electron chi connectivity index (χ4n) is 1.79. The Bertz CT molecular complexity index is 829. The van der Waals surface area contributed by atoms with Crippen LogP contribution in [0.5, 0.6) is 0 Å². The van der Waals surface area contributed by atoms with Crippen molar-refractivity contribution in [3.8, 4) is 0 Å². The van der Waals surface area contributed by atoms with Crippen LogP contribution in [-0.2, 0) is 24.7 Å². The molecule has 0 bridgehead atoms. The molecule has 0 unspecified atom stereocenters. The SMILES string of the molecule is CCCCOS(=O)(=O)c1cccc2ccccc12.O=S(=O)(O)O. The second-order valence-corrected chi connectivity index (χ2v) is 7.03. The van der Waals surface area contributed by atoms with Gasteiger partial charge in [0.1, 0.15) is 4.90 Å². The number of benzene rings is 2. The maximum Gasteiger partial charge on any atom is 0.394 e. The molecule has 0 atom stereocenters. The largest absolute Gasteiger partial charge is 0.394 e. The zero-order chi connectivity index (χ0) is 17.5. The maximum absolute atomic E-state index is 12.1. The van der Waals surface area contributed by atoms with E-state index in [0.29, 0.717) is 5.39 Å². The first kappa shape index (κ1) is 19.5. The smallest absolute Gasteiger partial charge is 0.266 e. The van der Waals surface area contributed by atoms with Crippen molar-refractivity contribution in [2.45, 2.75) is 24.7 Å². The maximum atomic E-state index is 12.1. The molecule has 2 rings (SSSR count). The predicted molar refractivity (Wildman–Crippen MR) is 86.2 cm³/mol. The average Bonchev–Trinajstić information content (AvgIpc) is 2.45. The zero-order valence-corrected chi connectivity index (χ0v) is 14.0. The van der Waals surface area contributed by atoms with Crippen LogP contribution in [0.3, 0.4) is 0 Å². The number of hydrogen-bond acceptors (Lipinski definition) is 5. The molecule has 7 nitrogen and oxygen atoms in total. The van der Waals surface area contributed by atoms with Crippen molar-refractivity contribution < 1.29 is 30.1 Å². The second kappa shape index (κ2) is 8.37. The quantitative estimate of drug-likeness (QED) is 0.477. The molecule has 0 fully saturated rings. The molecule has 2 aromatic carbocycles. The monoisotopic (exact) mass is 362 g/mol. The lowest BCUT2D eigenvalue weighted by Crippen LogP contribution is -2.08. The van der Waals surface area contributed by atoms with Gasteiger partial charge in [0, 0.05) is 5.39 Å². The molecule has 0 aliphatic carbocycles. The van der Waals surface area contributed by atoms with Gasteiger partial charge in [0.05, 0.1) is 6.61 Å². The fourth-order valence-corrected chi connectivity index (χ4v) is 2.95. The van der Waals surface area contributed by atoms with Gasteiger partial charge >= 0.3 is 10.4 Å². The number of rotatable bonds is 5. The topological polar surface area (TPSA) is 118 Å². The summed E-state index contributed by atoms with van der Waals surface area (Å²) in [5.41, 5.74) is 0. The summed E-state index contributed by atoms with van der Waals surface area (Å²) in [6, 6.07) is 12.6. The Morgan fingerprint density at radius 1 is 0.957 bits per heavy atom. The molecule has 0 heterocycles. The van der Waals surface area contributed by atoms with E-state index in [1.807, 2.05) is 31.2 Å². The van der Waals surface area contributed by atoms with Gasteiger partial charge in [-0.3, -0.25) is 13.3 Å². The third kappa shape index (κ3) is 7.06. The van der Waals surface area contributed by atoms with Gasteiger partial charge in [-0.15, -0.1) is 0 Å². The van der Waals surface area contributed by atoms with E-state index in [4.69, 9.17) is 21.7 Å². The van der Waals surface area contributed by atoms with Crippen LogP contribution in [0, 0.1) is 0 Å². The summed E-state index contributed by atoms with van der Waals surface area (Å²) in [5, 5.41) is 1.61. The van der Waals surface area contributed by atoms with Crippen LogP contribution in [0.4, 0.5) is 0 Å². The lowest BCUT2D eigenvalue weighted by molar-refractivity contribution is 0.311. The van der Waals surface area contributed by atoms with E-state index in [9.17, 15) is 8.42 Å². The van der Waals surface area contributed by atoms with Crippen molar-refractivity contribution in [2.24, 2.45) is 0 Å². The number of unbranched alkanes of at least 4 members (excludes halogenated alkanes) is 1. The van der Waals surface area contributed by atoms with Crippen LogP contribution in [0.25, 0.3) is 10.8 Å². The molecule has 2 aromatic rings. The molecule has 0 aliphatic rings. The Hall–Kier alpha value is -1.52. The van der Waals surface area contributed by atoms with Gasteiger partial charge < -0.3 is 0 Å². The molecule has 9 heteroatoms. The van der Waals surface area contributed by atoms with Crippen molar-refractivity contribution in [2.75, 3.05) is 6.61 Å². The van der Waals surface area contributed by atoms with Crippen LogP contribution >= 0.6 is 0 Å². The fraction of sp³-hybridized carbons (Fsp3) is 0.286. The van der Waals surface area contributed by atoms with Gasteiger partial charge in [0.2, 0.25) is 0 Å². The van der Waals surface area contributed by atoms with Crippen molar-refractivity contribution in [3.63, 3.8) is 0 Å². The first-order valence-corrected chi connectivity index (χ1v) is 9.52. The molecular weight excluding hydrogens is 344 g/mol. The Labute approximate surface area is 135 Å². The van der Waals surface area contributed by atoms with E-state index in [1.165, 1.54) is 0 Å². The average molecular weight is 362 g/mol. The van der Waals surface area contributed by atoms with E-state index < -0.39 is 20.5 Å². The zero-order valence-electron chi connectivity index (χ0n) is 12.4. The highest BCUT2D eigenvalue weighted by molar-refractivity contribution is 7.87. The van der Waals surface area contributed by atoms with Gasteiger partial charge in [-0.1, -0.05) is 49.7 Å². The molecular formula is C14H18O7S2. The Balaban J connectivity index is 0.000000463. The third-order valence-electron chi connectivity index (χ3n) is 2.76. The minimum Gasteiger partial charge on any atom is -0.266 e. The summed E-state index contributed by atoms with van der Waals surface area (Å²) in [6.07, 6.45) is 1.65. The van der Waals surface area contributed by atoms with E-state index in [0.717, 1.165) is 18.2 Å². The minimum absolute atomic E-state index is 0.238. The highest BCUT2D eigenvalue weighted by Gasteiger charge is 2.17. The van der Waals surface area contributed by atoms with Gasteiger partial charge in [-0.05, 0) is 17.9 Å². The van der Waals surface area contributed by atoms with Crippen molar-refractivity contribution >= 4 is 31.3 Å². The molecule has 2 N–H and O–H groups in total. The van der Waals surface area contributed by atoms with Gasteiger partial charge in [-0.2, -0.15) is 16.8 Å². The Kier molecular flexibility index (Phi) is 7.10. The molecule has 0 spiro atoms. The predicted octanol–water partition coefficient (Wildman–Crippen LogP) is 2.69.